The molecule has 0 aromatic carbocycles. The molecular weight excluding hydrogens is 292 g/mol. The molecule has 0 aliphatic carbocycles. The number of esters is 1. The van der Waals surface area contributed by atoms with Crippen molar-refractivity contribution in [3.63, 3.8) is 0 Å². The number of ketones is 1. The highest BCUT2D eigenvalue weighted by Gasteiger charge is 2.18. The Kier molecular flexibility index (Phi) is 3.98. The molecule has 0 radical (unpaired) electrons. The summed E-state index contributed by atoms with van der Waals surface area (Å²) < 4.78 is 8.40. The standard InChI is InChI=1S/C13H16N4O5/c1-7(18)8(2)22-9(19)5-17-6-14-11-10(17)12(20)16(4)13(21)15(11)3/h6,8H,5H2,1-4H3. The van der Waals surface area contributed by atoms with Gasteiger partial charge in [0.1, 0.15) is 6.54 Å². The molecule has 22 heavy (non-hydrogen) atoms. The lowest BCUT2D eigenvalue weighted by Gasteiger charge is -2.10. The first-order valence-electron chi connectivity index (χ1n) is 6.54. The maximum absolute atomic E-state index is 12.2. The molecule has 9 heteroatoms. The third kappa shape index (κ3) is 2.57. The number of nitrogens with zero attached hydrogens (tertiary/aromatic N) is 4. The lowest BCUT2D eigenvalue weighted by molar-refractivity contribution is -0.153. The number of imidazole rings is 1. The average molecular weight is 308 g/mol. The van der Waals surface area contributed by atoms with E-state index in [1.807, 2.05) is 0 Å². The first-order chi connectivity index (χ1) is 10.2. The molecule has 0 aliphatic rings. The largest absolute Gasteiger partial charge is 0.453 e. The third-order valence-corrected chi connectivity index (χ3v) is 3.40. The second-order valence-electron chi connectivity index (χ2n) is 4.99. The number of hydrogen-bond acceptors (Lipinski definition) is 6. The van der Waals surface area contributed by atoms with Crippen LogP contribution < -0.4 is 11.2 Å². The highest BCUT2D eigenvalue weighted by Crippen LogP contribution is 2.06. The molecule has 118 valence electrons. The lowest BCUT2D eigenvalue weighted by atomic mass is 10.3. The molecule has 0 bridgehead atoms. The smallest absolute Gasteiger partial charge is 0.332 e. The highest BCUT2D eigenvalue weighted by molar-refractivity contribution is 5.83. The van der Waals surface area contributed by atoms with E-state index >= 15 is 0 Å². The summed E-state index contributed by atoms with van der Waals surface area (Å²) in [6, 6.07) is 0. The van der Waals surface area contributed by atoms with Crippen molar-refractivity contribution in [2.45, 2.75) is 26.5 Å². The van der Waals surface area contributed by atoms with Crippen molar-refractivity contribution < 1.29 is 14.3 Å². The topological polar surface area (TPSA) is 105 Å². The second-order valence-corrected chi connectivity index (χ2v) is 4.99. The number of aryl methyl sites for hydroxylation is 1. The van der Waals surface area contributed by atoms with Crippen LogP contribution in [0.3, 0.4) is 0 Å². The fourth-order valence-electron chi connectivity index (χ4n) is 1.97. The fraction of sp³-hybridized carbons (Fsp3) is 0.462. The predicted octanol–water partition coefficient (Wildman–Crippen LogP) is -1.05. The Morgan fingerprint density at radius 3 is 2.50 bits per heavy atom. The zero-order chi connectivity index (χ0) is 16.6. The van der Waals surface area contributed by atoms with Crippen LogP contribution in [0.2, 0.25) is 0 Å². The predicted molar refractivity (Wildman–Crippen MR) is 76.5 cm³/mol. The van der Waals surface area contributed by atoms with Crippen LogP contribution in [0.15, 0.2) is 15.9 Å². The summed E-state index contributed by atoms with van der Waals surface area (Å²) in [5, 5.41) is 0. The van der Waals surface area contributed by atoms with Crippen LogP contribution >= 0.6 is 0 Å². The minimum absolute atomic E-state index is 0.122. The number of ether oxygens (including phenoxy) is 1. The van der Waals surface area contributed by atoms with Gasteiger partial charge < -0.3 is 9.30 Å². The summed E-state index contributed by atoms with van der Waals surface area (Å²) in [5.41, 5.74) is -0.754. The SMILES string of the molecule is CC(=O)C(C)OC(=O)Cn1cnc2c1c(=O)n(C)c(=O)n2C. The summed E-state index contributed by atoms with van der Waals surface area (Å²) in [6.07, 6.45) is 0.431. The number of carbonyl (C=O) groups excluding carboxylic acids is 2. The number of fused-ring (bicyclic) bond motifs is 1. The number of carbonyl (C=O) groups is 2. The van der Waals surface area contributed by atoms with Gasteiger partial charge in [0.15, 0.2) is 23.1 Å². The number of hydrogen-bond donors (Lipinski definition) is 0. The fourth-order valence-corrected chi connectivity index (χ4v) is 1.97. The Morgan fingerprint density at radius 1 is 1.27 bits per heavy atom. The summed E-state index contributed by atoms with van der Waals surface area (Å²) in [6.45, 7) is 2.51. The molecule has 2 heterocycles. The summed E-state index contributed by atoms with van der Waals surface area (Å²) in [7, 11) is 2.83. The van der Waals surface area contributed by atoms with Crippen molar-refractivity contribution in [3.8, 4) is 0 Å². The minimum Gasteiger partial charge on any atom is -0.453 e. The minimum atomic E-state index is -0.852. The number of aromatic nitrogens is 4. The molecule has 1 atom stereocenters. The molecular formula is C13H16N4O5. The molecule has 0 spiro atoms. The normalized spacial score (nSPS) is 12.4. The van der Waals surface area contributed by atoms with Gasteiger partial charge in [0, 0.05) is 14.1 Å². The Morgan fingerprint density at radius 2 is 1.91 bits per heavy atom. The Labute approximate surface area is 124 Å². The summed E-state index contributed by atoms with van der Waals surface area (Å²) in [5.74, 6) is -0.944. The zero-order valence-electron chi connectivity index (χ0n) is 12.7. The highest BCUT2D eigenvalue weighted by atomic mass is 16.5. The molecule has 0 saturated carbocycles. The van der Waals surface area contributed by atoms with E-state index in [0.717, 1.165) is 4.57 Å². The van der Waals surface area contributed by atoms with Gasteiger partial charge in [-0.25, -0.2) is 9.78 Å². The molecule has 1 unspecified atom stereocenters. The van der Waals surface area contributed by atoms with E-state index in [4.69, 9.17) is 4.74 Å². The van der Waals surface area contributed by atoms with Crippen molar-refractivity contribution in [1.82, 2.24) is 18.7 Å². The maximum Gasteiger partial charge on any atom is 0.332 e. The monoisotopic (exact) mass is 308 g/mol. The van der Waals surface area contributed by atoms with Crippen LogP contribution in [0.5, 0.6) is 0 Å². The van der Waals surface area contributed by atoms with E-state index < -0.39 is 23.3 Å². The van der Waals surface area contributed by atoms with Gasteiger partial charge in [0.25, 0.3) is 5.56 Å². The quantitative estimate of drug-likeness (QED) is 0.668. The Balaban J connectivity index is 2.42. The number of Topliss-reactive ketones (excluding diaryl/α,β-unsaturated/α-hetero) is 1. The van der Waals surface area contributed by atoms with Crippen molar-refractivity contribution in [3.05, 3.63) is 27.2 Å². The van der Waals surface area contributed by atoms with Gasteiger partial charge in [0.05, 0.1) is 6.33 Å². The Hall–Kier alpha value is -2.71. The molecule has 0 amide bonds. The van der Waals surface area contributed by atoms with Gasteiger partial charge in [-0.15, -0.1) is 0 Å². The summed E-state index contributed by atoms with van der Waals surface area (Å²) >= 11 is 0. The van der Waals surface area contributed by atoms with E-state index in [2.05, 4.69) is 4.98 Å². The van der Waals surface area contributed by atoms with Gasteiger partial charge in [-0.3, -0.25) is 23.5 Å². The van der Waals surface area contributed by atoms with E-state index in [9.17, 15) is 19.2 Å². The van der Waals surface area contributed by atoms with Gasteiger partial charge in [-0.1, -0.05) is 0 Å². The van der Waals surface area contributed by atoms with Crippen LogP contribution in [0.4, 0.5) is 0 Å². The molecule has 9 nitrogen and oxygen atoms in total. The molecule has 0 aliphatic heterocycles. The summed E-state index contributed by atoms with van der Waals surface area (Å²) in [4.78, 5) is 50.9. The van der Waals surface area contributed by atoms with Crippen molar-refractivity contribution in [2.24, 2.45) is 14.1 Å². The molecule has 2 aromatic rings. The zero-order valence-corrected chi connectivity index (χ0v) is 12.7. The first kappa shape index (κ1) is 15.7. The van der Waals surface area contributed by atoms with Gasteiger partial charge in [-0.05, 0) is 13.8 Å². The van der Waals surface area contributed by atoms with E-state index in [0.29, 0.717) is 0 Å². The molecule has 2 aromatic heterocycles. The maximum atomic E-state index is 12.2. The molecule has 0 saturated heterocycles. The van der Waals surface area contributed by atoms with Gasteiger partial charge in [0.2, 0.25) is 0 Å². The van der Waals surface area contributed by atoms with Crippen LogP contribution in [-0.2, 0) is 35.0 Å². The Bertz CT molecular complexity index is 873. The van der Waals surface area contributed by atoms with E-state index in [1.54, 1.807) is 0 Å². The lowest BCUT2D eigenvalue weighted by Crippen LogP contribution is -2.37. The average Bonchev–Trinajstić information content (AvgIpc) is 2.86. The molecule has 0 fully saturated rings. The van der Waals surface area contributed by atoms with Crippen molar-refractivity contribution >= 4 is 22.9 Å². The number of rotatable bonds is 4. The van der Waals surface area contributed by atoms with E-state index in [-0.39, 0.29) is 23.5 Å². The van der Waals surface area contributed by atoms with Crippen LogP contribution in [-0.4, -0.2) is 36.5 Å². The molecule has 0 N–H and O–H groups in total. The van der Waals surface area contributed by atoms with Gasteiger partial charge >= 0.3 is 11.7 Å². The van der Waals surface area contributed by atoms with Gasteiger partial charge in [-0.2, -0.15) is 0 Å². The third-order valence-electron chi connectivity index (χ3n) is 3.40. The first-order valence-corrected chi connectivity index (χ1v) is 6.54. The van der Waals surface area contributed by atoms with E-state index in [1.165, 1.54) is 43.4 Å². The van der Waals surface area contributed by atoms with Crippen molar-refractivity contribution in [1.29, 1.82) is 0 Å². The second kappa shape index (κ2) is 5.58. The van der Waals surface area contributed by atoms with Crippen molar-refractivity contribution in [2.75, 3.05) is 0 Å². The molecule has 2 rings (SSSR count). The van der Waals surface area contributed by atoms with Crippen LogP contribution in [0, 0.1) is 0 Å². The van der Waals surface area contributed by atoms with Crippen LogP contribution in [0.1, 0.15) is 13.8 Å². The van der Waals surface area contributed by atoms with Crippen LogP contribution in [0.25, 0.3) is 11.2 Å².